The largest absolute Gasteiger partial charge is 0.447 e. The molecule has 78 valence electrons. The van der Waals surface area contributed by atoms with Crippen molar-refractivity contribution in [2.75, 3.05) is 6.61 Å². The maximum atomic E-state index is 10.6. The van der Waals surface area contributed by atoms with Crippen LogP contribution < -0.4 is 5.32 Å². The lowest BCUT2D eigenvalue weighted by atomic mass is 10.2. The van der Waals surface area contributed by atoms with Crippen LogP contribution in [-0.2, 0) is 4.74 Å². The summed E-state index contributed by atoms with van der Waals surface area (Å²) < 4.78 is 4.73. The minimum Gasteiger partial charge on any atom is -0.447 e. The molecule has 1 rings (SSSR count). The van der Waals surface area contributed by atoms with Crippen LogP contribution in [0.4, 0.5) is 4.79 Å². The van der Waals surface area contributed by atoms with Gasteiger partial charge in [0.25, 0.3) is 0 Å². The van der Waals surface area contributed by atoms with Crippen LogP contribution in [0.2, 0.25) is 0 Å². The Bertz CT molecular complexity index is 242. The second kappa shape index (κ2) is 6.28. The van der Waals surface area contributed by atoms with Gasteiger partial charge in [0.15, 0.2) is 0 Å². The first-order valence-electron chi connectivity index (χ1n) is 5.17. The molecule has 3 nitrogen and oxygen atoms in total. The van der Waals surface area contributed by atoms with E-state index >= 15 is 0 Å². The number of amides is 1. The number of alkyl carbamates (subject to hydrolysis) is 1. The molecule has 0 aromatic heterocycles. The van der Waals surface area contributed by atoms with Gasteiger partial charge < -0.3 is 10.1 Å². The van der Waals surface area contributed by atoms with Gasteiger partial charge in [0, 0.05) is 0 Å². The monoisotopic (exact) mass is 195 g/mol. The molecule has 0 aliphatic carbocycles. The summed E-state index contributed by atoms with van der Waals surface area (Å²) in [6.45, 7) is 2.61. The average Bonchev–Trinajstić information content (AvgIpc) is 2.58. The molecule has 3 heteroatoms. The summed E-state index contributed by atoms with van der Waals surface area (Å²) in [7, 11) is 0. The molecule has 0 unspecified atom stereocenters. The molecule has 1 heterocycles. The second-order valence-electron chi connectivity index (χ2n) is 3.38. The second-order valence-corrected chi connectivity index (χ2v) is 3.38. The zero-order valence-electron chi connectivity index (χ0n) is 8.58. The normalized spacial score (nSPS) is 19.5. The number of ether oxygens (including phenoxy) is 1. The number of cyclic esters (lactones) is 1. The summed E-state index contributed by atoms with van der Waals surface area (Å²) in [6.07, 6.45) is 8.30. The van der Waals surface area contributed by atoms with Gasteiger partial charge >= 0.3 is 6.09 Å². The summed E-state index contributed by atoms with van der Waals surface area (Å²) in [5, 5.41) is 2.66. The molecule has 0 aromatic carbocycles. The van der Waals surface area contributed by atoms with Gasteiger partial charge in [0.05, 0.1) is 6.04 Å². The quantitative estimate of drug-likeness (QED) is 0.540. The molecule has 1 fully saturated rings. The summed E-state index contributed by atoms with van der Waals surface area (Å²) in [6, 6.07) is 0.00456. The Kier molecular flexibility index (Phi) is 4.87. The van der Waals surface area contributed by atoms with Gasteiger partial charge in [0.1, 0.15) is 6.61 Å². The van der Waals surface area contributed by atoms with Crippen LogP contribution in [0, 0.1) is 0 Å². The van der Waals surface area contributed by atoms with E-state index in [9.17, 15) is 4.79 Å². The predicted octanol–water partition coefficient (Wildman–Crippen LogP) is 2.39. The number of nitrogens with one attached hydrogen (secondary N) is 1. The molecular weight excluding hydrogens is 178 g/mol. The lowest BCUT2D eigenvalue weighted by Gasteiger charge is -1.94. The van der Waals surface area contributed by atoms with Crippen molar-refractivity contribution in [3.05, 3.63) is 17.9 Å². The zero-order valence-corrected chi connectivity index (χ0v) is 8.58. The fraction of sp³-hybridized carbons (Fsp3) is 0.636. The Morgan fingerprint density at radius 2 is 2.50 bits per heavy atom. The zero-order chi connectivity index (χ0) is 10.2. The van der Waals surface area contributed by atoms with Gasteiger partial charge in [-0.15, -0.1) is 5.73 Å². The molecule has 1 aliphatic heterocycles. The van der Waals surface area contributed by atoms with Crippen molar-refractivity contribution >= 4 is 6.09 Å². The van der Waals surface area contributed by atoms with E-state index in [1.54, 1.807) is 0 Å². The summed E-state index contributed by atoms with van der Waals surface area (Å²) in [4.78, 5) is 10.6. The standard InChI is InChI=1S/C11H17NO2/c1-2-3-4-5-6-7-8-10-9-14-11(13)12-10/h6,8,10H,2-5,9H2,1H3,(H,12,13)/t7?,10-/m0/s1. The number of hydrogen-bond donors (Lipinski definition) is 1. The minimum absolute atomic E-state index is 0.00456. The van der Waals surface area contributed by atoms with E-state index < -0.39 is 0 Å². The van der Waals surface area contributed by atoms with Gasteiger partial charge in [-0.1, -0.05) is 19.8 Å². The van der Waals surface area contributed by atoms with Gasteiger partial charge in [-0.25, -0.2) is 4.79 Å². The van der Waals surface area contributed by atoms with E-state index in [0.717, 1.165) is 6.42 Å². The third kappa shape index (κ3) is 4.15. The molecule has 0 saturated carbocycles. The van der Waals surface area contributed by atoms with Crippen molar-refractivity contribution < 1.29 is 9.53 Å². The maximum Gasteiger partial charge on any atom is 0.407 e. The Morgan fingerprint density at radius 3 is 3.14 bits per heavy atom. The predicted molar refractivity (Wildman–Crippen MR) is 55.1 cm³/mol. The first-order chi connectivity index (χ1) is 6.83. The molecule has 1 aliphatic rings. The molecule has 1 atom stereocenters. The van der Waals surface area contributed by atoms with Gasteiger partial charge in [-0.05, 0) is 25.0 Å². The molecule has 0 radical (unpaired) electrons. The first-order valence-corrected chi connectivity index (χ1v) is 5.17. The van der Waals surface area contributed by atoms with Crippen molar-refractivity contribution in [2.45, 2.75) is 38.6 Å². The van der Waals surface area contributed by atoms with Crippen LogP contribution in [-0.4, -0.2) is 18.7 Å². The van der Waals surface area contributed by atoms with E-state index in [1.165, 1.54) is 19.3 Å². The summed E-state index contributed by atoms with van der Waals surface area (Å²) in [5.74, 6) is 0. The highest BCUT2D eigenvalue weighted by atomic mass is 16.6. The number of hydrogen-bond acceptors (Lipinski definition) is 2. The van der Waals surface area contributed by atoms with Crippen molar-refractivity contribution in [1.29, 1.82) is 0 Å². The van der Waals surface area contributed by atoms with E-state index in [2.05, 4.69) is 18.0 Å². The van der Waals surface area contributed by atoms with Crippen molar-refractivity contribution in [3.63, 3.8) is 0 Å². The Balaban J connectivity index is 2.15. The fourth-order valence-corrected chi connectivity index (χ4v) is 1.25. The van der Waals surface area contributed by atoms with Crippen LogP contribution >= 0.6 is 0 Å². The van der Waals surface area contributed by atoms with Gasteiger partial charge in [-0.2, -0.15) is 0 Å². The molecule has 0 bridgehead atoms. The topological polar surface area (TPSA) is 38.3 Å². The average molecular weight is 195 g/mol. The first kappa shape index (κ1) is 10.9. The third-order valence-electron chi connectivity index (χ3n) is 2.06. The lowest BCUT2D eigenvalue weighted by molar-refractivity contribution is 0.177. The SMILES string of the molecule is CCCCCC=C=C[C@H]1COC(=O)N1. The van der Waals surface area contributed by atoms with Crippen LogP contribution in [0.15, 0.2) is 17.9 Å². The van der Waals surface area contributed by atoms with Crippen molar-refractivity contribution in [1.82, 2.24) is 5.32 Å². The fourth-order valence-electron chi connectivity index (χ4n) is 1.25. The van der Waals surface area contributed by atoms with E-state index in [-0.39, 0.29) is 12.1 Å². The van der Waals surface area contributed by atoms with Crippen LogP contribution in [0.5, 0.6) is 0 Å². The number of unbranched alkanes of at least 4 members (excludes halogenated alkanes) is 3. The Labute approximate surface area is 84.8 Å². The highest BCUT2D eigenvalue weighted by molar-refractivity contribution is 5.70. The minimum atomic E-state index is -0.334. The van der Waals surface area contributed by atoms with Crippen molar-refractivity contribution in [3.8, 4) is 0 Å². The molecular formula is C11H17NO2. The molecule has 0 spiro atoms. The smallest absolute Gasteiger partial charge is 0.407 e. The molecule has 1 amide bonds. The Hall–Kier alpha value is -1.21. The highest BCUT2D eigenvalue weighted by Crippen LogP contribution is 2.00. The molecule has 1 saturated heterocycles. The number of carbonyl (C=O) groups excluding carboxylic acids is 1. The third-order valence-corrected chi connectivity index (χ3v) is 2.06. The maximum absolute atomic E-state index is 10.6. The number of rotatable bonds is 5. The van der Waals surface area contributed by atoms with E-state index in [0.29, 0.717) is 6.61 Å². The molecule has 1 N–H and O–H groups in total. The van der Waals surface area contributed by atoms with Crippen LogP contribution in [0.25, 0.3) is 0 Å². The van der Waals surface area contributed by atoms with E-state index in [1.807, 2.05) is 12.2 Å². The summed E-state index contributed by atoms with van der Waals surface area (Å²) in [5.41, 5.74) is 3.06. The van der Waals surface area contributed by atoms with Crippen molar-refractivity contribution in [2.24, 2.45) is 0 Å². The van der Waals surface area contributed by atoms with Gasteiger partial charge in [-0.3, -0.25) is 0 Å². The van der Waals surface area contributed by atoms with Gasteiger partial charge in [0.2, 0.25) is 0 Å². The van der Waals surface area contributed by atoms with Crippen LogP contribution in [0.1, 0.15) is 32.6 Å². The highest BCUT2D eigenvalue weighted by Gasteiger charge is 2.18. The molecule has 0 aromatic rings. The van der Waals surface area contributed by atoms with E-state index in [4.69, 9.17) is 4.74 Å². The van der Waals surface area contributed by atoms with Crippen LogP contribution in [0.3, 0.4) is 0 Å². The number of carbonyl (C=O) groups is 1. The lowest BCUT2D eigenvalue weighted by Crippen LogP contribution is -2.23. The summed E-state index contributed by atoms with van der Waals surface area (Å²) >= 11 is 0. The Morgan fingerprint density at radius 1 is 1.64 bits per heavy atom. The molecule has 14 heavy (non-hydrogen) atoms.